The standard InChI is InChI=1S/C20H26N2O3/c1-4-23-15(3)21-19-14(2)22-25-20(19)16-10-12-18(13-11-16)24-17-8-6-5-7-9-17/h10-13,17,21H,3-9H2,1-2H3. The molecule has 1 aromatic carbocycles. The summed E-state index contributed by atoms with van der Waals surface area (Å²) in [5.41, 5.74) is 2.47. The van der Waals surface area contributed by atoms with Gasteiger partial charge < -0.3 is 19.3 Å². The van der Waals surface area contributed by atoms with E-state index in [2.05, 4.69) is 17.1 Å². The molecule has 1 aromatic heterocycles. The van der Waals surface area contributed by atoms with Gasteiger partial charge in [-0.05, 0) is 70.4 Å². The predicted molar refractivity (Wildman–Crippen MR) is 98.6 cm³/mol. The first kappa shape index (κ1) is 17.4. The molecule has 1 fully saturated rings. The molecule has 134 valence electrons. The lowest BCUT2D eigenvalue weighted by Gasteiger charge is -2.23. The van der Waals surface area contributed by atoms with E-state index in [-0.39, 0.29) is 0 Å². The van der Waals surface area contributed by atoms with E-state index in [1.165, 1.54) is 19.3 Å². The first-order valence-electron chi connectivity index (χ1n) is 8.99. The van der Waals surface area contributed by atoms with E-state index in [9.17, 15) is 0 Å². The lowest BCUT2D eigenvalue weighted by molar-refractivity contribution is 0.155. The monoisotopic (exact) mass is 342 g/mol. The average molecular weight is 342 g/mol. The molecule has 1 aliphatic carbocycles. The molecule has 0 aliphatic heterocycles. The molecule has 2 aromatic rings. The predicted octanol–water partition coefficient (Wildman–Crippen LogP) is 5.28. The Balaban J connectivity index is 1.72. The Bertz CT molecular complexity index is 700. The van der Waals surface area contributed by atoms with Crippen LogP contribution in [-0.4, -0.2) is 17.9 Å². The Morgan fingerprint density at radius 2 is 1.96 bits per heavy atom. The smallest absolute Gasteiger partial charge is 0.190 e. The molecule has 1 heterocycles. The van der Waals surface area contributed by atoms with Crippen molar-refractivity contribution in [2.45, 2.75) is 52.1 Å². The van der Waals surface area contributed by atoms with Crippen molar-refractivity contribution in [1.29, 1.82) is 0 Å². The van der Waals surface area contributed by atoms with Crippen molar-refractivity contribution in [2.75, 3.05) is 11.9 Å². The third-order valence-electron chi connectivity index (χ3n) is 4.42. The third-order valence-corrected chi connectivity index (χ3v) is 4.42. The fourth-order valence-corrected chi connectivity index (χ4v) is 3.12. The van der Waals surface area contributed by atoms with Gasteiger partial charge in [0, 0.05) is 5.56 Å². The first-order valence-corrected chi connectivity index (χ1v) is 8.99. The van der Waals surface area contributed by atoms with Gasteiger partial charge in [-0.15, -0.1) is 0 Å². The first-order chi connectivity index (χ1) is 12.2. The molecular weight excluding hydrogens is 316 g/mol. The minimum atomic E-state index is 0.346. The quantitative estimate of drug-likeness (QED) is 0.694. The van der Waals surface area contributed by atoms with Crippen molar-refractivity contribution in [2.24, 2.45) is 0 Å². The van der Waals surface area contributed by atoms with Crippen LogP contribution < -0.4 is 10.1 Å². The molecule has 0 unspecified atom stereocenters. The van der Waals surface area contributed by atoms with Crippen molar-refractivity contribution >= 4 is 5.69 Å². The van der Waals surface area contributed by atoms with E-state index in [1.54, 1.807) is 0 Å². The fourth-order valence-electron chi connectivity index (χ4n) is 3.12. The summed E-state index contributed by atoms with van der Waals surface area (Å²) in [5, 5.41) is 7.19. The second-order valence-corrected chi connectivity index (χ2v) is 6.36. The molecule has 0 bridgehead atoms. The summed E-state index contributed by atoms with van der Waals surface area (Å²) in [6.07, 6.45) is 6.50. The maximum Gasteiger partial charge on any atom is 0.190 e. The van der Waals surface area contributed by atoms with Crippen molar-refractivity contribution in [3.05, 3.63) is 42.4 Å². The Hall–Kier alpha value is -2.43. The maximum absolute atomic E-state index is 6.08. The molecule has 5 nitrogen and oxygen atoms in total. The zero-order valence-electron chi connectivity index (χ0n) is 15.0. The van der Waals surface area contributed by atoms with Gasteiger partial charge in [-0.25, -0.2) is 0 Å². The highest BCUT2D eigenvalue weighted by Gasteiger charge is 2.17. The van der Waals surface area contributed by atoms with Crippen LogP contribution in [0, 0.1) is 6.92 Å². The summed E-state index contributed by atoms with van der Waals surface area (Å²) in [6, 6.07) is 7.96. The van der Waals surface area contributed by atoms with Gasteiger partial charge in [0.15, 0.2) is 11.6 Å². The number of nitrogens with zero attached hydrogens (tertiary/aromatic N) is 1. The maximum atomic E-state index is 6.08. The number of ether oxygens (including phenoxy) is 2. The molecule has 0 amide bonds. The lowest BCUT2D eigenvalue weighted by atomic mass is 9.98. The molecule has 0 radical (unpaired) electrons. The van der Waals surface area contributed by atoms with Gasteiger partial charge in [-0.2, -0.15) is 0 Å². The highest BCUT2D eigenvalue weighted by molar-refractivity contribution is 5.75. The number of anilines is 1. The van der Waals surface area contributed by atoms with Gasteiger partial charge in [-0.3, -0.25) is 0 Å². The zero-order chi connectivity index (χ0) is 17.6. The van der Waals surface area contributed by atoms with E-state index >= 15 is 0 Å². The van der Waals surface area contributed by atoms with Crippen molar-refractivity contribution < 1.29 is 14.0 Å². The van der Waals surface area contributed by atoms with Crippen LogP contribution in [0.2, 0.25) is 0 Å². The zero-order valence-corrected chi connectivity index (χ0v) is 15.0. The molecule has 1 saturated carbocycles. The van der Waals surface area contributed by atoms with Crippen molar-refractivity contribution in [3.63, 3.8) is 0 Å². The van der Waals surface area contributed by atoms with Crippen LogP contribution in [0.3, 0.4) is 0 Å². The molecule has 1 N–H and O–H groups in total. The van der Waals surface area contributed by atoms with Crippen molar-refractivity contribution in [3.8, 4) is 17.1 Å². The van der Waals surface area contributed by atoms with Crippen LogP contribution >= 0.6 is 0 Å². The van der Waals surface area contributed by atoms with E-state index < -0.39 is 0 Å². The lowest BCUT2D eigenvalue weighted by Crippen LogP contribution is -2.19. The minimum Gasteiger partial charge on any atom is -0.490 e. The summed E-state index contributed by atoms with van der Waals surface area (Å²) < 4.78 is 17.0. The van der Waals surface area contributed by atoms with Crippen LogP contribution in [0.4, 0.5) is 5.69 Å². The van der Waals surface area contributed by atoms with E-state index in [4.69, 9.17) is 14.0 Å². The number of aromatic nitrogens is 1. The van der Waals surface area contributed by atoms with Crippen LogP contribution in [0.5, 0.6) is 5.75 Å². The minimum absolute atomic E-state index is 0.346. The van der Waals surface area contributed by atoms with Gasteiger partial charge in [0.1, 0.15) is 17.1 Å². The molecular formula is C20H26N2O3. The summed E-state index contributed by atoms with van der Waals surface area (Å²) in [4.78, 5) is 0. The topological polar surface area (TPSA) is 56.5 Å². The SMILES string of the molecule is C=C(Nc1c(C)noc1-c1ccc(OC2CCCCC2)cc1)OCC. The second kappa shape index (κ2) is 8.10. The molecule has 1 aliphatic rings. The van der Waals surface area contributed by atoms with E-state index in [0.29, 0.717) is 24.4 Å². The third kappa shape index (κ3) is 4.35. The van der Waals surface area contributed by atoms with Gasteiger partial charge in [-0.1, -0.05) is 11.6 Å². The van der Waals surface area contributed by atoms with Gasteiger partial charge >= 0.3 is 0 Å². The van der Waals surface area contributed by atoms with Crippen LogP contribution in [0.25, 0.3) is 11.3 Å². The Morgan fingerprint density at radius 3 is 2.64 bits per heavy atom. The largest absolute Gasteiger partial charge is 0.490 e. The highest BCUT2D eigenvalue weighted by atomic mass is 16.5. The summed E-state index contributed by atoms with van der Waals surface area (Å²) >= 11 is 0. The van der Waals surface area contributed by atoms with E-state index in [1.807, 2.05) is 38.1 Å². The normalized spacial score (nSPS) is 15.0. The summed E-state index contributed by atoms with van der Waals surface area (Å²) in [7, 11) is 0. The molecule has 0 atom stereocenters. The number of benzene rings is 1. The average Bonchev–Trinajstić information content (AvgIpc) is 2.97. The van der Waals surface area contributed by atoms with Gasteiger partial charge in [0.05, 0.1) is 12.7 Å². The van der Waals surface area contributed by atoms with Crippen LogP contribution in [0.15, 0.2) is 41.3 Å². The molecule has 5 heteroatoms. The summed E-state index contributed by atoms with van der Waals surface area (Å²) in [5.74, 6) is 2.05. The fraction of sp³-hybridized carbons (Fsp3) is 0.450. The molecule has 25 heavy (non-hydrogen) atoms. The summed E-state index contributed by atoms with van der Waals surface area (Å²) in [6.45, 7) is 8.21. The Morgan fingerprint density at radius 1 is 1.24 bits per heavy atom. The highest BCUT2D eigenvalue weighted by Crippen LogP contribution is 2.33. The number of aryl methyl sites for hydroxylation is 1. The van der Waals surface area contributed by atoms with Gasteiger partial charge in [0.25, 0.3) is 0 Å². The molecule has 3 rings (SSSR count). The number of hydrogen-bond acceptors (Lipinski definition) is 5. The molecule has 0 spiro atoms. The van der Waals surface area contributed by atoms with Crippen molar-refractivity contribution in [1.82, 2.24) is 5.16 Å². The van der Waals surface area contributed by atoms with Gasteiger partial charge in [0.2, 0.25) is 0 Å². The Kier molecular flexibility index (Phi) is 5.64. The van der Waals surface area contributed by atoms with Crippen LogP contribution in [-0.2, 0) is 4.74 Å². The van der Waals surface area contributed by atoms with Crippen LogP contribution in [0.1, 0.15) is 44.7 Å². The number of rotatable bonds is 7. The van der Waals surface area contributed by atoms with E-state index in [0.717, 1.165) is 35.5 Å². The number of hydrogen-bond donors (Lipinski definition) is 1. The molecule has 0 saturated heterocycles. The second-order valence-electron chi connectivity index (χ2n) is 6.36. The number of nitrogens with one attached hydrogen (secondary N) is 1. The Labute approximate surface area is 149 Å².